The molecular formula is C22H33ClN2O. The molecule has 1 N–H and O–H groups in total. The van der Waals surface area contributed by atoms with E-state index in [1.165, 1.54) is 42.4 Å². The van der Waals surface area contributed by atoms with E-state index in [0.717, 1.165) is 31.5 Å². The third-order valence-electron chi connectivity index (χ3n) is 6.46. The van der Waals surface area contributed by atoms with Crippen LogP contribution in [0.3, 0.4) is 0 Å². The Labute approximate surface area is 164 Å². The standard InChI is InChI=1S/C22H32N2O.ClH/c1-4-15-12-17(16-7-5-6-8-16)20-18(13-15)21-19(11-14(2)3)23-9-10-24(21)22(20)25;/h12-14,16,19,21,23H,4-11H2,1-3H3;1H/t19?,21-;/m0./s1. The normalized spacial score (nSPS) is 25.4. The number of benzene rings is 1. The van der Waals surface area contributed by atoms with E-state index in [9.17, 15) is 4.79 Å². The number of hydrogen-bond donors (Lipinski definition) is 1. The third kappa shape index (κ3) is 3.29. The van der Waals surface area contributed by atoms with Crippen LogP contribution >= 0.6 is 12.4 Å². The first-order chi connectivity index (χ1) is 12.1. The molecule has 1 aromatic rings. The number of carbonyl (C=O) groups is 1. The zero-order valence-corrected chi connectivity index (χ0v) is 17.2. The Balaban J connectivity index is 0.00000196. The smallest absolute Gasteiger partial charge is 0.255 e. The van der Waals surface area contributed by atoms with Gasteiger partial charge in [-0.05, 0) is 54.2 Å². The minimum absolute atomic E-state index is 0. The molecule has 3 nitrogen and oxygen atoms in total. The largest absolute Gasteiger partial charge is 0.329 e. The second-order valence-electron chi connectivity index (χ2n) is 8.62. The Kier molecular flexibility index (Phi) is 5.98. The molecule has 2 fully saturated rings. The van der Waals surface area contributed by atoms with Gasteiger partial charge >= 0.3 is 0 Å². The quantitative estimate of drug-likeness (QED) is 0.815. The number of aryl methyl sites for hydroxylation is 1. The zero-order valence-electron chi connectivity index (χ0n) is 16.4. The lowest BCUT2D eigenvalue weighted by Gasteiger charge is -2.39. The van der Waals surface area contributed by atoms with Crippen molar-refractivity contribution in [2.45, 2.75) is 77.3 Å². The number of hydrogen-bond acceptors (Lipinski definition) is 2. The summed E-state index contributed by atoms with van der Waals surface area (Å²) in [5.41, 5.74) is 5.18. The maximum absolute atomic E-state index is 13.3. The average Bonchev–Trinajstić information content (AvgIpc) is 3.22. The summed E-state index contributed by atoms with van der Waals surface area (Å²) in [6.45, 7) is 8.57. The predicted octanol–water partition coefficient (Wildman–Crippen LogP) is 4.84. The van der Waals surface area contributed by atoms with Crippen molar-refractivity contribution in [3.8, 4) is 0 Å². The van der Waals surface area contributed by atoms with Crippen molar-refractivity contribution in [3.05, 3.63) is 34.4 Å². The van der Waals surface area contributed by atoms with Crippen LogP contribution in [0, 0.1) is 5.92 Å². The Morgan fingerprint density at radius 2 is 1.88 bits per heavy atom. The van der Waals surface area contributed by atoms with Gasteiger partial charge in [0.25, 0.3) is 5.91 Å². The fourth-order valence-electron chi connectivity index (χ4n) is 5.31. The molecule has 4 heteroatoms. The van der Waals surface area contributed by atoms with Crippen LogP contribution in [-0.4, -0.2) is 29.9 Å². The lowest BCUT2D eigenvalue weighted by Crippen LogP contribution is -2.52. The summed E-state index contributed by atoms with van der Waals surface area (Å²) in [5.74, 6) is 1.54. The van der Waals surface area contributed by atoms with E-state index in [-0.39, 0.29) is 18.4 Å². The molecule has 0 spiro atoms. The van der Waals surface area contributed by atoms with Gasteiger partial charge in [-0.1, -0.05) is 45.7 Å². The van der Waals surface area contributed by atoms with Crippen LogP contribution in [0.4, 0.5) is 0 Å². The number of halogens is 1. The number of fused-ring (bicyclic) bond motifs is 3. The number of nitrogens with zero attached hydrogens (tertiary/aromatic N) is 1. The highest BCUT2D eigenvalue weighted by Crippen LogP contribution is 2.45. The van der Waals surface area contributed by atoms with Crippen LogP contribution in [0.1, 0.15) is 91.9 Å². The van der Waals surface area contributed by atoms with Gasteiger partial charge in [-0.25, -0.2) is 0 Å². The molecule has 1 saturated heterocycles. The molecule has 1 aliphatic carbocycles. The molecule has 26 heavy (non-hydrogen) atoms. The van der Waals surface area contributed by atoms with Gasteiger partial charge in [-0.3, -0.25) is 4.79 Å². The summed E-state index contributed by atoms with van der Waals surface area (Å²) < 4.78 is 0. The van der Waals surface area contributed by atoms with Crippen LogP contribution in [0.5, 0.6) is 0 Å². The van der Waals surface area contributed by atoms with Crippen molar-refractivity contribution < 1.29 is 4.79 Å². The minimum Gasteiger partial charge on any atom is -0.329 e. The topological polar surface area (TPSA) is 32.3 Å². The van der Waals surface area contributed by atoms with E-state index in [0.29, 0.717) is 23.8 Å². The zero-order chi connectivity index (χ0) is 17.6. The van der Waals surface area contributed by atoms with Crippen LogP contribution in [0.2, 0.25) is 0 Å². The van der Waals surface area contributed by atoms with Crippen LogP contribution < -0.4 is 5.32 Å². The number of nitrogens with one attached hydrogen (secondary N) is 1. The van der Waals surface area contributed by atoms with Crippen molar-refractivity contribution in [3.63, 3.8) is 0 Å². The van der Waals surface area contributed by atoms with Gasteiger partial charge in [-0.2, -0.15) is 0 Å². The predicted molar refractivity (Wildman–Crippen MR) is 109 cm³/mol. The highest BCUT2D eigenvalue weighted by Gasteiger charge is 2.45. The molecule has 0 radical (unpaired) electrons. The molecule has 1 amide bonds. The summed E-state index contributed by atoms with van der Waals surface area (Å²) >= 11 is 0. The molecule has 144 valence electrons. The number of carbonyl (C=O) groups excluding carboxylic acids is 1. The van der Waals surface area contributed by atoms with Gasteiger partial charge in [-0.15, -0.1) is 12.4 Å². The SMILES string of the molecule is CCc1cc(C2CCCC2)c2c(c1)[C@H]1C(CC(C)C)NCCN1C2=O.Cl. The first-order valence-electron chi connectivity index (χ1n) is 10.3. The molecule has 2 atom stereocenters. The highest BCUT2D eigenvalue weighted by atomic mass is 35.5. The van der Waals surface area contributed by atoms with E-state index in [1.54, 1.807) is 0 Å². The molecule has 4 rings (SSSR count). The van der Waals surface area contributed by atoms with Crippen LogP contribution in [0.15, 0.2) is 12.1 Å². The Morgan fingerprint density at radius 3 is 2.54 bits per heavy atom. The van der Waals surface area contributed by atoms with Crippen molar-refractivity contribution in [1.29, 1.82) is 0 Å². The second kappa shape index (κ2) is 7.90. The molecule has 0 bridgehead atoms. The van der Waals surface area contributed by atoms with E-state index < -0.39 is 0 Å². The molecule has 2 heterocycles. The van der Waals surface area contributed by atoms with Gasteiger partial charge in [0, 0.05) is 24.7 Å². The minimum atomic E-state index is 0. The summed E-state index contributed by atoms with van der Waals surface area (Å²) in [5, 5.41) is 3.72. The van der Waals surface area contributed by atoms with E-state index in [4.69, 9.17) is 0 Å². The van der Waals surface area contributed by atoms with Gasteiger partial charge in [0.1, 0.15) is 0 Å². The molecule has 2 aliphatic heterocycles. The molecular weight excluding hydrogens is 344 g/mol. The van der Waals surface area contributed by atoms with Gasteiger partial charge in [0.2, 0.25) is 0 Å². The number of amides is 1. The first-order valence-corrected chi connectivity index (χ1v) is 10.3. The molecule has 1 aromatic carbocycles. The van der Waals surface area contributed by atoms with E-state index in [1.807, 2.05) is 0 Å². The lowest BCUT2D eigenvalue weighted by atomic mass is 9.84. The summed E-state index contributed by atoms with van der Waals surface area (Å²) in [6.07, 6.45) is 7.32. The molecule has 0 aromatic heterocycles. The van der Waals surface area contributed by atoms with Gasteiger partial charge in [0.05, 0.1) is 6.04 Å². The van der Waals surface area contributed by atoms with Crippen molar-refractivity contribution in [2.75, 3.05) is 13.1 Å². The fraction of sp³-hybridized carbons (Fsp3) is 0.682. The van der Waals surface area contributed by atoms with Crippen molar-refractivity contribution >= 4 is 18.3 Å². The van der Waals surface area contributed by atoms with Gasteiger partial charge in [0.15, 0.2) is 0 Å². The summed E-state index contributed by atoms with van der Waals surface area (Å²) in [6, 6.07) is 5.33. The number of piperazine rings is 1. The summed E-state index contributed by atoms with van der Waals surface area (Å²) in [7, 11) is 0. The first kappa shape index (κ1) is 19.7. The fourth-order valence-corrected chi connectivity index (χ4v) is 5.31. The van der Waals surface area contributed by atoms with Crippen molar-refractivity contribution in [1.82, 2.24) is 10.2 Å². The summed E-state index contributed by atoms with van der Waals surface area (Å²) in [4.78, 5) is 15.5. The lowest BCUT2D eigenvalue weighted by molar-refractivity contribution is 0.0610. The Hall–Kier alpha value is -1.06. The molecule has 1 saturated carbocycles. The van der Waals surface area contributed by atoms with E-state index in [2.05, 4.69) is 43.1 Å². The Morgan fingerprint density at radius 1 is 1.19 bits per heavy atom. The van der Waals surface area contributed by atoms with Crippen LogP contribution in [0.25, 0.3) is 0 Å². The van der Waals surface area contributed by atoms with Gasteiger partial charge < -0.3 is 10.2 Å². The van der Waals surface area contributed by atoms with Crippen molar-refractivity contribution in [2.24, 2.45) is 5.92 Å². The second-order valence-corrected chi connectivity index (χ2v) is 8.62. The average molecular weight is 377 g/mol. The molecule has 3 aliphatic rings. The number of rotatable bonds is 4. The maximum Gasteiger partial charge on any atom is 0.255 e. The third-order valence-corrected chi connectivity index (χ3v) is 6.46. The highest BCUT2D eigenvalue weighted by molar-refractivity contribution is 6.01. The van der Waals surface area contributed by atoms with Crippen LogP contribution in [-0.2, 0) is 6.42 Å². The monoisotopic (exact) mass is 376 g/mol. The maximum atomic E-state index is 13.3. The molecule has 1 unspecified atom stereocenters. The van der Waals surface area contributed by atoms with E-state index >= 15 is 0 Å². The Bertz CT molecular complexity index is 666.